The van der Waals surface area contributed by atoms with Gasteiger partial charge < -0.3 is 15.2 Å². The Kier molecular flexibility index (Phi) is 6.01. The van der Waals surface area contributed by atoms with E-state index in [9.17, 15) is 0 Å². The molecule has 0 saturated carbocycles. The van der Waals surface area contributed by atoms with Gasteiger partial charge in [0.2, 0.25) is 0 Å². The van der Waals surface area contributed by atoms with Gasteiger partial charge in [0, 0.05) is 24.8 Å². The van der Waals surface area contributed by atoms with Crippen LogP contribution in [0.2, 0.25) is 0 Å². The van der Waals surface area contributed by atoms with Gasteiger partial charge in [0.15, 0.2) is 0 Å². The van der Waals surface area contributed by atoms with Gasteiger partial charge >= 0.3 is 0 Å². The van der Waals surface area contributed by atoms with Crippen molar-refractivity contribution in [1.29, 1.82) is 0 Å². The second-order valence-corrected chi connectivity index (χ2v) is 4.37. The van der Waals surface area contributed by atoms with Gasteiger partial charge in [-0.25, -0.2) is 0 Å². The van der Waals surface area contributed by atoms with E-state index >= 15 is 0 Å². The van der Waals surface area contributed by atoms with Crippen LogP contribution in [0.25, 0.3) is 0 Å². The van der Waals surface area contributed by atoms with E-state index in [0.717, 1.165) is 17.9 Å². The minimum atomic E-state index is 0.210. The first-order valence-electron chi connectivity index (χ1n) is 6.24. The van der Waals surface area contributed by atoms with Crippen LogP contribution in [0.3, 0.4) is 0 Å². The Balaban J connectivity index is 2.56. The monoisotopic (exact) mass is 237 g/mol. The van der Waals surface area contributed by atoms with E-state index in [1.165, 1.54) is 0 Å². The average Bonchev–Trinajstić information content (AvgIpc) is 2.36. The highest BCUT2D eigenvalue weighted by molar-refractivity contribution is 5.33. The summed E-state index contributed by atoms with van der Waals surface area (Å²) in [7, 11) is 0. The molecule has 3 heteroatoms. The second-order valence-electron chi connectivity index (χ2n) is 4.37. The molecule has 0 spiro atoms. The van der Waals surface area contributed by atoms with Gasteiger partial charge in [-0.1, -0.05) is 25.1 Å². The van der Waals surface area contributed by atoms with Crippen LogP contribution in [0, 0.1) is 5.92 Å². The molecule has 2 atom stereocenters. The maximum absolute atomic E-state index is 9.08. The van der Waals surface area contributed by atoms with Crippen molar-refractivity contribution in [3.63, 3.8) is 0 Å². The lowest BCUT2D eigenvalue weighted by Gasteiger charge is -2.20. The van der Waals surface area contributed by atoms with E-state index < -0.39 is 0 Å². The molecule has 0 saturated heterocycles. The highest BCUT2D eigenvalue weighted by atomic mass is 16.5. The fourth-order valence-electron chi connectivity index (χ4n) is 1.58. The molecule has 96 valence electrons. The fourth-order valence-corrected chi connectivity index (χ4v) is 1.58. The molecule has 3 nitrogen and oxygen atoms in total. The number of rotatable bonds is 7. The Morgan fingerprint density at radius 2 is 2.00 bits per heavy atom. The third kappa shape index (κ3) is 4.36. The molecule has 1 rings (SSSR count). The lowest BCUT2D eigenvalue weighted by Crippen LogP contribution is -2.33. The van der Waals surface area contributed by atoms with Crippen molar-refractivity contribution in [3.8, 4) is 5.75 Å². The molecule has 0 aliphatic rings. The van der Waals surface area contributed by atoms with Crippen LogP contribution >= 0.6 is 0 Å². The fraction of sp³-hybridized carbons (Fsp3) is 0.571. The molecule has 2 N–H and O–H groups in total. The zero-order valence-electron chi connectivity index (χ0n) is 10.9. The average molecular weight is 237 g/mol. The quantitative estimate of drug-likeness (QED) is 0.764. The lowest BCUT2D eigenvalue weighted by molar-refractivity contribution is 0.206. The van der Waals surface area contributed by atoms with E-state index in [-0.39, 0.29) is 18.6 Å². The molecule has 0 aliphatic carbocycles. The van der Waals surface area contributed by atoms with Crippen molar-refractivity contribution in [1.82, 2.24) is 5.32 Å². The van der Waals surface area contributed by atoms with Crippen molar-refractivity contribution >= 4 is 0 Å². The molecule has 0 heterocycles. The molecule has 0 amide bonds. The number of hydrogen-bond acceptors (Lipinski definition) is 3. The molecule has 0 fully saturated rings. The van der Waals surface area contributed by atoms with Gasteiger partial charge in [-0.15, -0.1) is 0 Å². The van der Waals surface area contributed by atoms with Crippen LogP contribution in [-0.2, 0) is 6.54 Å². The third-order valence-corrected chi connectivity index (χ3v) is 3.03. The molecular formula is C14H23NO2. The maximum Gasteiger partial charge on any atom is 0.123 e. The number of aliphatic hydroxyl groups is 1. The van der Waals surface area contributed by atoms with Gasteiger partial charge in [-0.05, 0) is 25.8 Å². The van der Waals surface area contributed by atoms with Crippen LogP contribution in [0.4, 0.5) is 0 Å². The molecule has 0 aromatic heterocycles. The topological polar surface area (TPSA) is 41.5 Å². The van der Waals surface area contributed by atoms with Gasteiger partial charge in [0.1, 0.15) is 5.75 Å². The molecule has 17 heavy (non-hydrogen) atoms. The molecule has 2 unspecified atom stereocenters. The number of para-hydroxylation sites is 1. The maximum atomic E-state index is 9.08. The predicted octanol–water partition coefficient (Wildman–Crippen LogP) is 2.19. The number of hydrogen-bond donors (Lipinski definition) is 2. The van der Waals surface area contributed by atoms with Crippen LogP contribution in [0.1, 0.15) is 26.3 Å². The van der Waals surface area contributed by atoms with E-state index in [4.69, 9.17) is 9.84 Å². The molecule has 0 aliphatic heterocycles. The van der Waals surface area contributed by atoms with Gasteiger partial charge in [0.25, 0.3) is 0 Å². The van der Waals surface area contributed by atoms with Crippen molar-refractivity contribution in [2.24, 2.45) is 5.92 Å². The minimum Gasteiger partial charge on any atom is -0.494 e. The van der Waals surface area contributed by atoms with Gasteiger partial charge in [-0.2, -0.15) is 0 Å². The van der Waals surface area contributed by atoms with E-state index in [2.05, 4.69) is 18.3 Å². The van der Waals surface area contributed by atoms with E-state index in [1.54, 1.807) is 0 Å². The van der Waals surface area contributed by atoms with Gasteiger partial charge in [-0.3, -0.25) is 0 Å². The van der Waals surface area contributed by atoms with Gasteiger partial charge in [0.05, 0.1) is 6.61 Å². The van der Waals surface area contributed by atoms with Crippen molar-refractivity contribution in [2.45, 2.75) is 33.4 Å². The SMILES string of the molecule is CCOc1ccccc1CNC(C)C(C)CO. The first kappa shape index (κ1) is 14.0. The van der Waals surface area contributed by atoms with Crippen molar-refractivity contribution < 1.29 is 9.84 Å². The standard InChI is InChI=1S/C14H23NO2/c1-4-17-14-8-6-5-7-13(14)9-15-12(3)11(2)10-16/h5-8,11-12,15-16H,4,9-10H2,1-3H3. The predicted molar refractivity (Wildman–Crippen MR) is 70.2 cm³/mol. The Hall–Kier alpha value is -1.06. The Morgan fingerprint density at radius 3 is 2.65 bits per heavy atom. The molecule has 1 aromatic rings. The Bertz CT molecular complexity index is 328. The summed E-state index contributed by atoms with van der Waals surface area (Å²) in [6, 6.07) is 8.33. The van der Waals surface area contributed by atoms with E-state index in [1.807, 2.05) is 32.0 Å². The second kappa shape index (κ2) is 7.30. The molecule has 0 radical (unpaired) electrons. The molecule has 0 bridgehead atoms. The first-order valence-corrected chi connectivity index (χ1v) is 6.24. The number of ether oxygens (including phenoxy) is 1. The summed E-state index contributed by atoms with van der Waals surface area (Å²) < 4.78 is 5.57. The number of nitrogens with one attached hydrogen (secondary N) is 1. The summed E-state index contributed by atoms with van der Waals surface area (Å²) in [5, 5.41) is 12.5. The highest BCUT2D eigenvalue weighted by Gasteiger charge is 2.11. The Morgan fingerprint density at radius 1 is 1.29 bits per heavy atom. The highest BCUT2D eigenvalue weighted by Crippen LogP contribution is 2.18. The summed E-state index contributed by atoms with van der Waals surface area (Å²) in [5.41, 5.74) is 1.16. The van der Waals surface area contributed by atoms with Crippen molar-refractivity contribution in [2.75, 3.05) is 13.2 Å². The smallest absolute Gasteiger partial charge is 0.123 e. The summed E-state index contributed by atoms with van der Waals surface area (Å²) >= 11 is 0. The Labute approximate surface area is 104 Å². The number of aliphatic hydroxyl groups excluding tert-OH is 1. The van der Waals surface area contributed by atoms with E-state index in [0.29, 0.717) is 6.61 Å². The zero-order valence-corrected chi connectivity index (χ0v) is 10.9. The molecule has 1 aromatic carbocycles. The van der Waals surface area contributed by atoms with Crippen LogP contribution in [0.5, 0.6) is 5.75 Å². The summed E-state index contributed by atoms with van der Waals surface area (Å²) in [6.45, 7) is 7.76. The lowest BCUT2D eigenvalue weighted by atomic mass is 10.0. The van der Waals surface area contributed by atoms with Crippen molar-refractivity contribution in [3.05, 3.63) is 29.8 Å². The normalized spacial score (nSPS) is 14.4. The van der Waals surface area contributed by atoms with Crippen LogP contribution in [-0.4, -0.2) is 24.4 Å². The largest absolute Gasteiger partial charge is 0.494 e. The summed E-state index contributed by atoms with van der Waals surface area (Å²) in [6.07, 6.45) is 0. The summed E-state index contributed by atoms with van der Waals surface area (Å²) in [5.74, 6) is 1.20. The third-order valence-electron chi connectivity index (χ3n) is 3.03. The minimum absolute atomic E-state index is 0.210. The van der Waals surface area contributed by atoms with Crippen LogP contribution < -0.4 is 10.1 Å². The summed E-state index contributed by atoms with van der Waals surface area (Å²) in [4.78, 5) is 0. The van der Waals surface area contributed by atoms with Crippen LogP contribution in [0.15, 0.2) is 24.3 Å². The number of benzene rings is 1. The molecular weight excluding hydrogens is 214 g/mol. The zero-order chi connectivity index (χ0) is 12.7. The first-order chi connectivity index (χ1) is 8.19.